The molecule has 0 saturated carbocycles. The predicted molar refractivity (Wildman–Crippen MR) is 127 cm³/mol. The number of carbonyl (C=O) groups is 1. The lowest BCUT2D eigenvalue weighted by Crippen LogP contribution is -2.53. The van der Waals surface area contributed by atoms with Crippen LogP contribution in [0.5, 0.6) is 0 Å². The van der Waals surface area contributed by atoms with E-state index in [1.165, 1.54) is 0 Å². The summed E-state index contributed by atoms with van der Waals surface area (Å²) in [5, 5.41) is 0. The number of piperidine rings is 1. The van der Waals surface area contributed by atoms with Crippen LogP contribution in [0.1, 0.15) is 44.7 Å². The van der Waals surface area contributed by atoms with Gasteiger partial charge in [0, 0.05) is 18.8 Å². The van der Waals surface area contributed by atoms with E-state index in [0.29, 0.717) is 36.6 Å². The van der Waals surface area contributed by atoms with Crippen LogP contribution in [0.4, 0.5) is 5.69 Å². The first-order valence-electron chi connectivity index (χ1n) is 10.7. The average molecular weight is 459 g/mol. The molecular formula is C24H30N2O3S2. The van der Waals surface area contributed by atoms with Crippen LogP contribution in [-0.4, -0.2) is 42.3 Å². The third kappa shape index (κ3) is 4.15. The molecule has 2 fully saturated rings. The summed E-state index contributed by atoms with van der Waals surface area (Å²) in [6.45, 7) is 9.18. The summed E-state index contributed by atoms with van der Waals surface area (Å²) in [7, 11) is -3.55. The van der Waals surface area contributed by atoms with Crippen molar-refractivity contribution in [3.8, 4) is 0 Å². The maximum atomic E-state index is 13.2. The second-order valence-corrected chi connectivity index (χ2v) is 12.8. The Morgan fingerprint density at radius 1 is 0.935 bits per heavy atom. The van der Waals surface area contributed by atoms with Crippen LogP contribution >= 0.6 is 11.8 Å². The summed E-state index contributed by atoms with van der Waals surface area (Å²) < 4.78 is 28.1. The number of benzene rings is 2. The van der Waals surface area contributed by atoms with E-state index in [0.717, 1.165) is 16.8 Å². The highest BCUT2D eigenvalue weighted by molar-refractivity contribution is 8.02. The van der Waals surface area contributed by atoms with Gasteiger partial charge in [-0.15, -0.1) is 11.8 Å². The Morgan fingerprint density at radius 3 is 2.06 bits per heavy atom. The Labute approximate surface area is 189 Å². The molecule has 0 aromatic heterocycles. The summed E-state index contributed by atoms with van der Waals surface area (Å²) in [5.74, 6) is 0.539. The number of thioether (sulfide) groups is 1. The largest absolute Gasteiger partial charge is 0.296 e. The minimum Gasteiger partial charge on any atom is -0.296 e. The minimum absolute atomic E-state index is 0.0224. The van der Waals surface area contributed by atoms with Gasteiger partial charge in [-0.05, 0) is 55.0 Å². The summed E-state index contributed by atoms with van der Waals surface area (Å²) in [6.07, 6.45) is 1.24. The molecule has 0 bridgehead atoms. The van der Waals surface area contributed by atoms with E-state index in [9.17, 15) is 13.2 Å². The lowest BCUT2D eigenvalue weighted by Gasteiger charge is -2.43. The number of hydrogen-bond acceptors (Lipinski definition) is 4. The molecule has 2 aromatic rings. The first kappa shape index (κ1) is 22.4. The standard InChI is InChI=1S/C24H30N2O3S2/c1-18-5-9-20(10-6-18)26-22(27)17-30-24(26)13-15-25(16-14-24)31(28,29)21-11-7-19(8-12-21)23(2,3)4/h5-12H,13-17H2,1-4H3. The van der Waals surface area contributed by atoms with Gasteiger partial charge < -0.3 is 0 Å². The normalized spacial score (nSPS) is 19.9. The number of anilines is 1. The SMILES string of the molecule is Cc1ccc(N2C(=O)CSC23CCN(S(=O)(=O)c2ccc(C(C)(C)C)cc2)CC3)cc1. The van der Waals surface area contributed by atoms with Gasteiger partial charge in [-0.2, -0.15) is 4.31 Å². The smallest absolute Gasteiger partial charge is 0.243 e. The molecule has 0 atom stereocenters. The van der Waals surface area contributed by atoms with Gasteiger partial charge in [-0.25, -0.2) is 8.42 Å². The molecule has 2 aliphatic heterocycles. The van der Waals surface area contributed by atoms with E-state index < -0.39 is 10.0 Å². The van der Waals surface area contributed by atoms with Gasteiger partial charge in [-0.1, -0.05) is 50.6 Å². The minimum atomic E-state index is -3.55. The first-order chi connectivity index (χ1) is 14.5. The maximum Gasteiger partial charge on any atom is 0.243 e. The molecule has 7 heteroatoms. The monoisotopic (exact) mass is 458 g/mol. The molecular weight excluding hydrogens is 428 g/mol. The van der Waals surface area contributed by atoms with Gasteiger partial charge in [0.1, 0.15) is 0 Å². The van der Waals surface area contributed by atoms with Crippen molar-refractivity contribution in [2.75, 3.05) is 23.7 Å². The quantitative estimate of drug-likeness (QED) is 0.677. The summed E-state index contributed by atoms with van der Waals surface area (Å²) in [6, 6.07) is 15.2. The summed E-state index contributed by atoms with van der Waals surface area (Å²) in [5.41, 5.74) is 3.13. The number of sulfonamides is 1. The van der Waals surface area contributed by atoms with Gasteiger partial charge in [0.15, 0.2) is 0 Å². The number of hydrogen-bond donors (Lipinski definition) is 0. The van der Waals surface area contributed by atoms with Crippen LogP contribution in [-0.2, 0) is 20.2 Å². The van der Waals surface area contributed by atoms with Crippen LogP contribution in [0.25, 0.3) is 0 Å². The maximum absolute atomic E-state index is 13.2. The average Bonchev–Trinajstić information content (AvgIpc) is 3.04. The van der Waals surface area contributed by atoms with E-state index in [2.05, 4.69) is 20.8 Å². The number of amides is 1. The van der Waals surface area contributed by atoms with Crippen molar-refractivity contribution in [3.63, 3.8) is 0 Å². The molecule has 2 saturated heterocycles. The van der Waals surface area contributed by atoms with Crippen LogP contribution in [0.2, 0.25) is 0 Å². The van der Waals surface area contributed by atoms with Crippen LogP contribution in [0.15, 0.2) is 53.4 Å². The first-order valence-corrected chi connectivity index (χ1v) is 13.1. The Hall–Kier alpha value is -1.83. The third-order valence-electron chi connectivity index (χ3n) is 6.28. The molecule has 1 spiro atoms. The summed E-state index contributed by atoms with van der Waals surface area (Å²) >= 11 is 1.65. The van der Waals surface area contributed by atoms with Gasteiger partial charge in [0.25, 0.3) is 0 Å². The fourth-order valence-corrected chi connectivity index (χ4v) is 7.12. The molecule has 5 nitrogen and oxygen atoms in total. The zero-order valence-corrected chi connectivity index (χ0v) is 20.2. The number of carbonyl (C=O) groups excluding carboxylic acids is 1. The van der Waals surface area contributed by atoms with Crippen molar-refractivity contribution < 1.29 is 13.2 Å². The van der Waals surface area contributed by atoms with Crippen molar-refractivity contribution in [2.24, 2.45) is 0 Å². The lowest BCUT2D eigenvalue weighted by molar-refractivity contribution is -0.116. The third-order valence-corrected chi connectivity index (χ3v) is 9.71. The summed E-state index contributed by atoms with van der Waals surface area (Å²) in [4.78, 5) is 14.6. The lowest BCUT2D eigenvalue weighted by atomic mass is 9.87. The number of aryl methyl sites for hydroxylation is 1. The molecule has 2 heterocycles. The molecule has 2 aromatic carbocycles. The Morgan fingerprint density at radius 2 is 1.52 bits per heavy atom. The molecule has 1 amide bonds. The Kier molecular flexibility index (Phi) is 5.73. The second-order valence-electron chi connectivity index (χ2n) is 9.48. The van der Waals surface area contributed by atoms with Crippen LogP contribution in [0, 0.1) is 6.92 Å². The molecule has 0 unspecified atom stereocenters. The molecule has 2 aliphatic rings. The second kappa shape index (κ2) is 7.94. The van der Waals surface area contributed by atoms with Crippen LogP contribution in [0.3, 0.4) is 0 Å². The molecule has 4 rings (SSSR count). The van der Waals surface area contributed by atoms with Gasteiger partial charge in [0.05, 0.1) is 15.5 Å². The Bertz CT molecular complexity index is 1060. The van der Waals surface area contributed by atoms with E-state index in [4.69, 9.17) is 0 Å². The number of nitrogens with zero attached hydrogens (tertiary/aromatic N) is 2. The fourth-order valence-electron chi connectivity index (χ4n) is 4.35. The highest BCUT2D eigenvalue weighted by Crippen LogP contribution is 2.47. The topological polar surface area (TPSA) is 57.7 Å². The van der Waals surface area contributed by atoms with Crippen molar-refractivity contribution in [1.82, 2.24) is 4.31 Å². The molecule has 0 radical (unpaired) electrons. The molecule has 0 N–H and O–H groups in total. The van der Waals surface area contributed by atoms with E-state index >= 15 is 0 Å². The van der Waals surface area contributed by atoms with Crippen LogP contribution < -0.4 is 4.90 Å². The van der Waals surface area contributed by atoms with Crippen molar-refractivity contribution in [1.29, 1.82) is 0 Å². The van der Waals surface area contributed by atoms with E-state index in [-0.39, 0.29) is 16.2 Å². The number of rotatable bonds is 3. The highest BCUT2D eigenvalue weighted by atomic mass is 32.2. The zero-order valence-electron chi connectivity index (χ0n) is 18.6. The molecule has 166 valence electrons. The van der Waals surface area contributed by atoms with Crippen molar-refractivity contribution in [3.05, 3.63) is 59.7 Å². The van der Waals surface area contributed by atoms with Gasteiger partial charge in [0.2, 0.25) is 15.9 Å². The van der Waals surface area contributed by atoms with E-state index in [1.807, 2.05) is 48.2 Å². The van der Waals surface area contributed by atoms with Crippen molar-refractivity contribution >= 4 is 33.4 Å². The van der Waals surface area contributed by atoms with E-state index in [1.54, 1.807) is 28.2 Å². The zero-order chi connectivity index (χ0) is 22.4. The van der Waals surface area contributed by atoms with Gasteiger partial charge in [-0.3, -0.25) is 9.69 Å². The van der Waals surface area contributed by atoms with Crippen molar-refractivity contribution in [2.45, 2.75) is 55.7 Å². The molecule has 0 aliphatic carbocycles. The Balaban J connectivity index is 1.53. The van der Waals surface area contributed by atoms with Gasteiger partial charge >= 0.3 is 0 Å². The highest BCUT2D eigenvalue weighted by Gasteiger charge is 2.50. The molecule has 31 heavy (non-hydrogen) atoms. The predicted octanol–water partition coefficient (Wildman–Crippen LogP) is 4.55. The fraction of sp³-hybridized carbons (Fsp3) is 0.458.